The summed E-state index contributed by atoms with van der Waals surface area (Å²) in [6.07, 6.45) is 4.88. The van der Waals surface area contributed by atoms with Gasteiger partial charge >= 0.3 is 5.97 Å². The zero-order chi connectivity index (χ0) is 26.2. The van der Waals surface area contributed by atoms with Crippen molar-refractivity contribution in [1.82, 2.24) is 14.9 Å². The van der Waals surface area contributed by atoms with Gasteiger partial charge in [0.2, 0.25) is 0 Å². The molecule has 196 valence electrons. The van der Waals surface area contributed by atoms with Gasteiger partial charge in [-0.15, -0.1) is 0 Å². The molecule has 0 unspecified atom stereocenters. The Morgan fingerprint density at radius 1 is 1.03 bits per heavy atom. The third kappa shape index (κ3) is 6.74. The van der Waals surface area contributed by atoms with Crippen LogP contribution in [-0.4, -0.2) is 60.3 Å². The molecule has 0 atom stereocenters. The number of likely N-dealkylation sites (tertiary alicyclic amines) is 1. The number of methoxy groups -OCH3 is 1. The fourth-order valence-corrected chi connectivity index (χ4v) is 4.49. The van der Waals surface area contributed by atoms with E-state index >= 15 is 0 Å². The minimum absolute atomic E-state index is 0.186. The smallest absolute Gasteiger partial charge is 0.358 e. The Kier molecular flexibility index (Phi) is 8.90. The number of rotatable bonds is 10. The molecule has 37 heavy (non-hydrogen) atoms. The highest BCUT2D eigenvalue weighted by Crippen LogP contribution is 2.40. The summed E-state index contributed by atoms with van der Waals surface area (Å²) in [5, 5.41) is 3.41. The third-order valence-electron chi connectivity index (χ3n) is 6.25. The van der Waals surface area contributed by atoms with E-state index in [1.54, 1.807) is 18.3 Å². The number of benzene rings is 2. The predicted octanol–water partition coefficient (Wildman–Crippen LogP) is 4.94. The Hall–Kier alpha value is -3.72. The molecule has 3 aromatic rings. The van der Waals surface area contributed by atoms with E-state index < -0.39 is 5.97 Å². The highest BCUT2D eigenvalue weighted by Gasteiger charge is 2.22. The zero-order valence-electron chi connectivity index (χ0n) is 21.5. The predicted molar refractivity (Wildman–Crippen MR) is 139 cm³/mol. The maximum atomic E-state index is 13.5. The average Bonchev–Trinajstić information content (AvgIpc) is 2.91. The molecule has 1 aliphatic rings. The second-order valence-corrected chi connectivity index (χ2v) is 8.81. The van der Waals surface area contributed by atoms with E-state index in [1.807, 2.05) is 13.8 Å². The van der Waals surface area contributed by atoms with Crippen molar-refractivity contribution in [2.45, 2.75) is 39.3 Å². The van der Waals surface area contributed by atoms with Gasteiger partial charge in [-0.25, -0.2) is 19.2 Å². The topological polar surface area (TPSA) is 85.8 Å². The van der Waals surface area contributed by atoms with Gasteiger partial charge in [-0.2, -0.15) is 0 Å². The minimum atomic E-state index is -0.502. The van der Waals surface area contributed by atoms with E-state index in [1.165, 1.54) is 25.4 Å². The summed E-state index contributed by atoms with van der Waals surface area (Å²) in [4.78, 5) is 22.3. The highest BCUT2D eigenvalue weighted by molar-refractivity contribution is 5.86. The normalized spacial score (nSPS) is 14.3. The number of nitrogens with one attached hydrogen (secondary N) is 1. The van der Waals surface area contributed by atoms with E-state index in [9.17, 15) is 9.18 Å². The number of hydrogen-bond donors (Lipinski definition) is 1. The SMILES string of the molecule is CCOc1cc(CN2CCC(Nc3cnc(C(=O)OC)cn3)CC2)cc(OCC)c1-c1ccc(F)cc1. The number of ether oxygens (including phenoxy) is 3. The van der Waals surface area contributed by atoms with Gasteiger partial charge in [-0.05, 0) is 62.1 Å². The fourth-order valence-electron chi connectivity index (χ4n) is 4.49. The molecule has 9 heteroatoms. The van der Waals surface area contributed by atoms with Crippen LogP contribution in [-0.2, 0) is 11.3 Å². The summed E-state index contributed by atoms with van der Waals surface area (Å²) < 4.78 is 30.2. The van der Waals surface area contributed by atoms with Crippen molar-refractivity contribution >= 4 is 11.8 Å². The quantitative estimate of drug-likeness (QED) is 0.386. The molecule has 0 amide bonds. The lowest BCUT2D eigenvalue weighted by Crippen LogP contribution is -2.38. The first-order chi connectivity index (χ1) is 18.0. The standard InChI is InChI=1S/C28H33FN4O4/c1-4-36-24-14-19(15-25(37-5-2)27(24)20-6-8-21(29)9-7-20)18-33-12-10-22(11-13-33)32-26-17-30-23(16-31-26)28(34)35-3/h6-9,14-17,22H,4-5,10-13,18H2,1-3H3,(H,31,32). The Bertz CT molecular complexity index is 1150. The number of aromatic nitrogens is 2. The van der Waals surface area contributed by atoms with Crippen molar-refractivity contribution in [1.29, 1.82) is 0 Å². The van der Waals surface area contributed by atoms with Crippen molar-refractivity contribution in [3.8, 4) is 22.6 Å². The maximum Gasteiger partial charge on any atom is 0.358 e. The van der Waals surface area contributed by atoms with Crippen molar-refractivity contribution in [2.75, 3.05) is 38.7 Å². The first-order valence-electron chi connectivity index (χ1n) is 12.6. The van der Waals surface area contributed by atoms with Crippen LogP contribution in [0.25, 0.3) is 11.1 Å². The van der Waals surface area contributed by atoms with Crippen molar-refractivity contribution in [2.24, 2.45) is 0 Å². The lowest BCUT2D eigenvalue weighted by Gasteiger charge is -2.32. The summed E-state index contributed by atoms with van der Waals surface area (Å²) in [5.41, 5.74) is 2.99. The summed E-state index contributed by atoms with van der Waals surface area (Å²) >= 11 is 0. The molecule has 0 aliphatic carbocycles. The van der Waals surface area contributed by atoms with Crippen LogP contribution >= 0.6 is 0 Å². The Morgan fingerprint density at radius 2 is 1.68 bits per heavy atom. The molecular weight excluding hydrogens is 475 g/mol. The van der Waals surface area contributed by atoms with Gasteiger partial charge in [-0.1, -0.05) is 12.1 Å². The molecule has 1 aliphatic heterocycles. The molecule has 0 spiro atoms. The Balaban J connectivity index is 1.43. The fraction of sp³-hybridized carbons (Fsp3) is 0.393. The molecule has 0 radical (unpaired) electrons. The number of nitrogens with zero attached hydrogens (tertiary/aromatic N) is 3. The van der Waals surface area contributed by atoms with Crippen LogP contribution in [0, 0.1) is 5.82 Å². The molecular formula is C28H33FN4O4. The number of anilines is 1. The minimum Gasteiger partial charge on any atom is -0.493 e. The van der Waals surface area contributed by atoms with E-state index in [0.717, 1.165) is 60.7 Å². The molecule has 2 aromatic carbocycles. The summed E-state index contributed by atoms with van der Waals surface area (Å²) in [7, 11) is 1.32. The first-order valence-corrected chi connectivity index (χ1v) is 12.6. The van der Waals surface area contributed by atoms with Crippen LogP contribution < -0.4 is 14.8 Å². The molecule has 1 saturated heterocycles. The molecule has 1 fully saturated rings. The molecule has 0 bridgehead atoms. The van der Waals surface area contributed by atoms with Gasteiger partial charge in [-0.3, -0.25) is 4.90 Å². The van der Waals surface area contributed by atoms with Gasteiger partial charge < -0.3 is 19.5 Å². The molecule has 2 heterocycles. The largest absolute Gasteiger partial charge is 0.493 e. The van der Waals surface area contributed by atoms with Crippen LogP contribution in [0.2, 0.25) is 0 Å². The Morgan fingerprint density at radius 3 is 2.22 bits per heavy atom. The van der Waals surface area contributed by atoms with Crippen LogP contribution in [0.1, 0.15) is 42.7 Å². The van der Waals surface area contributed by atoms with Crippen LogP contribution in [0.5, 0.6) is 11.5 Å². The molecule has 1 aromatic heterocycles. The van der Waals surface area contributed by atoms with Crippen molar-refractivity contribution < 1.29 is 23.4 Å². The van der Waals surface area contributed by atoms with E-state index in [-0.39, 0.29) is 17.6 Å². The van der Waals surface area contributed by atoms with Crippen molar-refractivity contribution in [3.05, 3.63) is 65.9 Å². The first kappa shape index (κ1) is 26.3. The lowest BCUT2D eigenvalue weighted by molar-refractivity contribution is 0.0593. The van der Waals surface area contributed by atoms with E-state index in [4.69, 9.17) is 9.47 Å². The molecule has 1 N–H and O–H groups in total. The second kappa shape index (κ2) is 12.5. The number of carbonyl (C=O) groups is 1. The number of piperidine rings is 1. The summed E-state index contributed by atoms with van der Waals surface area (Å²) in [5.74, 6) is 1.34. The van der Waals surface area contributed by atoms with E-state index in [2.05, 4.69) is 37.1 Å². The van der Waals surface area contributed by atoms with Gasteiger partial charge in [0.15, 0.2) is 5.69 Å². The average molecular weight is 509 g/mol. The van der Waals surface area contributed by atoms with Gasteiger partial charge in [0.25, 0.3) is 0 Å². The number of halogens is 1. The monoisotopic (exact) mass is 508 g/mol. The van der Waals surface area contributed by atoms with Crippen molar-refractivity contribution in [3.63, 3.8) is 0 Å². The molecule has 8 nitrogen and oxygen atoms in total. The summed E-state index contributed by atoms with van der Waals surface area (Å²) in [6, 6.07) is 10.8. The summed E-state index contributed by atoms with van der Waals surface area (Å²) in [6.45, 7) is 7.54. The van der Waals surface area contributed by atoms with Gasteiger partial charge in [0, 0.05) is 25.7 Å². The lowest BCUT2D eigenvalue weighted by atomic mass is 9.99. The van der Waals surface area contributed by atoms with Crippen LogP contribution in [0.3, 0.4) is 0 Å². The third-order valence-corrected chi connectivity index (χ3v) is 6.25. The number of esters is 1. The van der Waals surface area contributed by atoms with Gasteiger partial charge in [0.05, 0.1) is 38.3 Å². The second-order valence-electron chi connectivity index (χ2n) is 8.81. The van der Waals surface area contributed by atoms with E-state index in [0.29, 0.717) is 19.0 Å². The number of hydrogen-bond acceptors (Lipinski definition) is 8. The number of carbonyl (C=O) groups excluding carboxylic acids is 1. The molecule has 4 rings (SSSR count). The molecule has 0 saturated carbocycles. The maximum absolute atomic E-state index is 13.5. The zero-order valence-corrected chi connectivity index (χ0v) is 21.5. The van der Waals surface area contributed by atoms with Gasteiger partial charge in [0.1, 0.15) is 23.1 Å². The highest BCUT2D eigenvalue weighted by atomic mass is 19.1. The Labute approximate surface area is 216 Å². The van der Waals surface area contributed by atoms with Crippen LogP contribution in [0.4, 0.5) is 10.2 Å². The van der Waals surface area contributed by atoms with Crippen LogP contribution in [0.15, 0.2) is 48.8 Å².